The molecule has 3 N–H and O–H groups in total. The maximum absolute atomic E-state index is 13.5. The number of benzene rings is 2. The third-order valence-corrected chi connectivity index (χ3v) is 8.64. The smallest absolute Gasteiger partial charge is 0.324 e. The fourth-order valence-corrected chi connectivity index (χ4v) is 6.50. The average Bonchev–Trinajstić information content (AvgIpc) is 3.60. The number of carbonyl (C=O) groups excluding carboxylic acids is 3. The van der Waals surface area contributed by atoms with Crippen molar-refractivity contribution in [3.8, 4) is 5.75 Å². The lowest BCUT2D eigenvalue weighted by Gasteiger charge is -2.42. The number of urea groups is 1. The number of rotatable bonds is 5. The molecular weight excluding hydrogens is 528 g/mol. The average molecular weight is 561 g/mol. The molecule has 0 spiro atoms. The SMILES string of the molecule is CN1C(=O)c2cc(NC(=O)Nc3cccs3)ccc2OC[C@H]2O[C@@H](CC(=O)NC3Cc4ccccc4C3)CC[C@@H]21. The van der Waals surface area contributed by atoms with Crippen LogP contribution in [0.2, 0.25) is 0 Å². The molecule has 0 saturated carbocycles. The predicted molar refractivity (Wildman–Crippen MR) is 153 cm³/mol. The van der Waals surface area contributed by atoms with Gasteiger partial charge in [-0.15, -0.1) is 11.3 Å². The Morgan fingerprint density at radius 3 is 2.58 bits per heavy atom. The van der Waals surface area contributed by atoms with Gasteiger partial charge in [-0.05, 0) is 72.5 Å². The van der Waals surface area contributed by atoms with Crippen LogP contribution in [0.15, 0.2) is 60.0 Å². The summed E-state index contributed by atoms with van der Waals surface area (Å²) in [7, 11) is 1.77. The zero-order valence-electron chi connectivity index (χ0n) is 22.2. The first-order chi connectivity index (χ1) is 19.4. The van der Waals surface area contributed by atoms with Gasteiger partial charge in [0, 0.05) is 18.8 Å². The second kappa shape index (κ2) is 11.3. The van der Waals surface area contributed by atoms with E-state index in [1.165, 1.54) is 22.5 Å². The van der Waals surface area contributed by atoms with E-state index >= 15 is 0 Å². The minimum atomic E-state index is -0.386. The highest BCUT2D eigenvalue weighted by atomic mass is 32.1. The van der Waals surface area contributed by atoms with E-state index in [4.69, 9.17) is 9.47 Å². The van der Waals surface area contributed by atoms with E-state index in [0.29, 0.717) is 29.8 Å². The number of nitrogens with one attached hydrogen (secondary N) is 3. The van der Waals surface area contributed by atoms with E-state index in [1.54, 1.807) is 30.1 Å². The molecule has 3 atom stereocenters. The highest BCUT2D eigenvalue weighted by Gasteiger charge is 2.39. The Hall–Kier alpha value is -3.89. The Labute approximate surface area is 236 Å². The van der Waals surface area contributed by atoms with Crippen molar-refractivity contribution in [2.24, 2.45) is 0 Å². The first-order valence-corrected chi connectivity index (χ1v) is 14.5. The van der Waals surface area contributed by atoms with Crippen molar-refractivity contribution in [2.75, 3.05) is 24.3 Å². The maximum Gasteiger partial charge on any atom is 0.324 e. The zero-order valence-corrected chi connectivity index (χ0v) is 23.0. The molecule has 10 heteroatoms. The number of likely N-dealkylation sites (N-methyl/N-ethyl adjacent to an activating group) is 1. The summed E-state index contributed by atoms with van der Waals surface area (Å²) in [4.78, 5) is 40.4. The molecule has 208 valence electrons. The summed E-state index contributed by atoms with van der Waals surface area (Å²) < 4.78 is 12.4. The Morgan fingerprint density at radius 2 is 1.82 bits per heavy atom. The summed E-state index contributed by atoms with van der Waals surface area (Å²) in [5.74, 6) is 0.224. The Balaban J connectivity index is 1.06. The number of carbonyl (C=O) groups is 3. The third-order valence-electron chi connectivity index (χ3n) is 7.86. The molecule has 4 amide bonds. The molecule has 2 aromatic carbocycles. The monoisotopic (exact) mass is 560 g/mol. The lowest BCUT2D eigenvalue weighted by molar-refractivity contribution is -0.134. The standard InChI is InChI=1S/C30H32N4O5S/c1-34-24-10-9-22(16-27(35)31-21-13-18-5-2-3-6-19(18)14-21)39-26(24)17-38-25-11-8-20(15-23(25)29(34)36)32-30(37)33-28-7-4-12-40-28/h2-8,11-12,15,21-22,24,26H,9-10,13-14,16-17H2,1H3,(H,31,35)(H2,32,33,37)/t22-,24+,26-/m1/s1. The lowest BCUT2D eigenvalue weighted by atomic mass is 9.94. The van der Waals surface area contributed by atoms with Crippen molar-refractivity contribution in [2.45, 2.75) is 56.4 Å². The van der Waals surface area contributed by atoms with Gasteiger partial charge in [0.1, 0.15) is 18.5 Å². The second-order valence-electron chi connectivity index (χ2n) is 10.6. The number of thiophene rings is 1. The molecule has 3 aliphatic rings. The van der Waals surface area contributed by atoms with Crippen LogP contribution < -0.4 is 20.7 Å². The molecule has 2 aliphatic heterocycles. The molecule has 0 radical (unpaired) electrons. The summed E-state index contributed by atoms with van der Waals surface area (Å²) in [6.07, 6.45) is 2.80. The minimum Gasteiger partial charge on any atom is -0.490 e. The summed E-state index contributed by atoms with van der Waals surface area (Å²) in [6.45, 7) is 0.261. The molecule has 40 heavy (non-hydrogen) atoms. The summed E-state index contributed by atoms with van der Waals surface area (Å²) in [5.41, 5.74) is 3.48. The van der Waals surface area contributed by atoms with Gasteiger partial charge in [0.25, 0.3) is 5.91 Å². The van der Waals surface area contributed by atoms with Crippen molar-refractivity contribution in [3.05, 3.63) is 76.7 Å². The molecule has 9 nitrogen and oxygen atoms in total. The molecule has 3 aromatic rings. The fraction of sp³-hybridized carbons (Fsp3) is 0.367. The number of anilines is 2. The van der Waals surface area contributed by atoms with E-state index in [2.05, 4.69) is 28.1 Å². The van der Waals surface area contributed by atoms with Gasteiger partial charge in [0.2, 0.25) is 5.91 Å². The third kappa shape index (κ3) is 5.68. The van der Waals surface area contributed by atoms with E-state index in [9.17, 15) is 14.4 Å². The van der Waals surface area contributed by atoms with Crippen molar-refractivity contribution < 1.29 is 23.9 Å². The van der Waals surface area contributed by atoms with E-state index in [1.807, 2.05) is 29.6 Å². The summed E-state index contributed by atoms with van der Waals surface area (Å²) >= 11 is 1.42. The minimum absolute atomic E-state index is 0.00839. The molecule has 1 saturated heterocycles. The number of hydrogen-bond donors (Lipinski definition) is 3. The van der Waals surface area contributed by atoms with Gasteiger partial charge in [-0.25, -0.2) is 4.79 Å². The van der Waals surface area contributed by atoms with Crippen LogP contribution in [-0.4, -0.2) is 60.7 Å². The van der Waals surface area contributed by atoms with Crippen LogP contribution in [0.3, 0.4) is 0 Å². The van der Waals surface area contributed by atoms with Crippen molar-refractivity contribution in [1.82, 2.24) is 10.2 Å². The molecule has 0 unspecified atom stereocenters. The van der Waals surface area contributed by atoms with Gasteiger partial charge >= 0.3 is 6.03 Å². The molecule has 0 bridgehead atoms. The van der Waals surface area contributed by atoms with Crippen LogP contribution in [-0.2, 0) is 22.4 Å². The number of fused-ring (bicyclic) bond motifs is 3. The van der Waals surface area contributed by atoms with Crippen LogP contribution in [0.4, 0.5) is 15.5 Å². The van der Waals surface area contributed by atoms with Gasteiger partial charge in [0.05, 0.1) is 29.1 Å². The van der Waals surface area contributed by atoms with Gasteiger partial charge in [0.15, 0.2) is 0 Å². The Bertz CT molecular complexity index is 1390. The van der Waals surface area contributed by atoms with Crippen molar-refractivity contribution in [3.63, 3.8) is 0 Å². The maximum atomic E-state index is 13.5. The van der Waals surface area contributed by atoms with E-state index in [0.717, 1.165) is 17.8 Å². The zero-order chi connectivity index (χ0) is 27.6. The molecule has 1 fully saturated rings. The fourth-order valence-electron chi connectivity index (χ4n) is 5.88. The van der Waals surface area contributed by atoms with Crippen molar-refractivity contribution >= 4 is 39.9 Å². The molecule has 1 aliphatic carbocycles. The van der Waals surface area contributed by atoms with E-state index in [-0.39, 0.29) is 55.2 Å². The lowest BCUT2D eigenvalue weighted by Crippen LogP contribution is -2.54. The normalized spacial score (nSPS) is 22.2. The van der Waals surface area contributed by atoms with Gasteiger partial charge in [-0.2, -0.15) is 0 Å². The topological polar surface area (TPSA) is 109 Å². The second-order valence-corrected chi connectivity index (χ2v) is 11.5. The quantitative estimate of drug-likeness (QED) is 0.427. The van der Waals surface area contributed by atoms with Gasteiger partial charge < -0.3 is 25.0 Å². The van der Waals surface area contributed by atoms with Crippen LogP contribution in [0, 0.1) is 0 Å². The highest BCUT2D eigenvalue weighted by Crippen LogP contribution is 2.33. The number of hydrogen-bond acceptors (Lipinski definition) is 6. The first-order valence-electron chi connectivity index (χ1n) is 13.6. The number of ether oxygens (including phenoxy) is 2. The van der Waals surface area contributed by atoms with Gasteiger partial charge in [-0.1, -0.05) is 24.3 Å². The number of amides is 4. The Kier molecular flexibility index (Phi) is 7.44. The van der Waals surface area contributed by atoms with Crippen LogP contribution in [0.25, 0.3) is 0 Å². The highest BCUT2D eigenvalue weighted by molar-refractivity contribution is 7.14. The van der Waals surface area contributed by atoms with Crippen LogP contribution in [0.1, 0.15) is 40.7 Å². The molecular formula is C30H32N4O5S. The van der Waals surface area contributed by atoms with Gasteiger partial charge in [-0.3, -0.25) is 14.9 Å². The van der Waals surface area contributed by atoms with E-state index < -0.39 is 0 Å². The number of nitrogens with zero attached hydrogens (tertiary/aromatic N) is 1. The molecule has 3 heterocycles. The summed E-state index contributed by atoms with van der Waals surface area (Å²) in [6, 6.07) is 16.6. The van der Waals surface area contributed by atoms with Crippen molar-refractivity contribution in [1.29, 1.82) is 0 Å². The van der Waals surface area contributed by atoms with Crippen LogP contribution >= 0.6 is 11.3 Å². The largest absolute Gasteiger partial charge is 0.490 e. The summed E-state index contributed by atoms with van der Waals surface area (Å²) in [5, 5.41) is 11.3. The molecule has 1 aromatic heterocycles. The first kappa shape index (κ1) is 26.3. The van der Waals surface area contributed by atoms with Crippen LogP contribution in [0.5, 0.6) is 5.75 Å². The predicted octanol–water partition coefficient (Wildman–Crippen LogP) is 4.45. The Morgan fingerprint density at radius 1 is 1.02 bits per heavy atom. The molecule has 6 rings (SSSR count).